The summed E-state index contributed by atoms with van der Waals surface area (Å²) in [5.74, 6) is 3.12. The first-order chi connectivity index (χ1) is 7.59. The fourth-order valence-electron chi connectivity index (χ4n) is 2.30. The Morgan fingerprint density at radius 2 is 2.19 bits per heavy atom. The van der Waals surface area contributed by atoms with Gasteiger partial charge in [0.05, 0.1) is 0 Å². The van der Waals surface area contributed by atoms with Crippen LogP contribution in [0.25, 0.3) is 0 Å². The summed E-state index contributed by atoms with van der Waals surface area (Å²) in [4.78, 5) is 10.7. The van der Waals surface area contributed by atoms with E-state index in [0.29, 0.717) is 5.82 Å². The van der Waals surface area contributed by atoms with Crippen LogP contribution in [0.5, 0.6) is 0 Å². The third kappa shape index (κ3) is 1.96. The van der Waals surface area contributed by atoms with Crippen LogP contribution in [0.4, 0.5) is 11.6 Å². The molecule has 2 rings (SSSR count). The van der Waals surface area contributed by atoms with Gasteiger partial charge in [0, 0.05) is 18.7 Å². The third-order valence-electron chi connectivity index (χ3n) is 3.56. The van der Waals surface area contributed by atoms with Crippen molar-refractivity contribution in [3.63, 3.8) is 0 Å². The quantitative estimate of drug-likeness (QED) is 0.826. The Balaban J connectivity index is 2.17. The summed E-state index contributed by atoms with van der Waals surface area (Å²) in [7, 11) is 0. The SMILES string of the molecule is Cc1c(N)ncnc1N1CCC(C(C)C)C1. The van der Waals surface area contributed by atoms with Gasteiger partial charge in [0.15, 0.2) is 0 Å². The first-order valence-corrected chi connectivity index (χ1v) is 5.91. The Labute approximate surface area is 96.9 Å². The van der Waals surface area contributed by atoms with Gasteiger partial charge >= 0.3 is 0 Å². The van der Waals surface area contributed by atoms with Crippen molar-refractivity contribution in [1.29, 1.82) is 0 Å². The Morgan fingerprint density at radius 3 is 2.81 bits per heavy atom. The van der Waals surface area contributed by atoms with Gasteiger partial charge in [0.2, 0.25) is 0 Å². The molecule has 1 aliphatic heterocycles. The molecule has 1 aromatic rings. The van der Waals surface area contributed by atoms with Crippen molar-refractivity contribution < 1.29 is 0 Å². The number of aromatic nitrogens is 2. The maximum atomic E-state index is 5.80. The van der Waals surface area contributed by atoms with Gasteiger partial charge in [0.1, 0.15) is 18.0 Å². The number of hydrogen-bond donors (Lipinski definition) is 1. The molecular formula is C12H20N4. The first-order valence-electron chi connectivity index (χ1n) is 5.91. The monoisotopic (exact) mass is 220 g/mol. The molecule has 1 fully saturated rings. The van der Waals surface area contributed by atoms with Gasteiger partial charge in [0.25, 0.3) is 0 Å². The lowest BCUT2D eigenvalue weighted by Gasteiger charge is -2.20. The van der Waals surface area contributed by atoms with E-state index in [4.69, 9.17) is 5.73 Å². The van der Waals surface area contributed by atoms with Crippen molar-refractivity contribution in [2.75, 3.05) is 23.7 Å². The molecule has 0 saturated carbocycles. The molecule has 4 heteroatoms. The largest absolute Gasteiger partial charge is 0.383 e. The van der Waals surface area contributed by atoms with Gasteiger partial charge in [-0.05, 0) is 25.2 Å². The van der Waals surface area contributed by atoms with Gasteiger partial charge in [-0.1, -0.05) is 13.8 Å². The van der Waals surface area contributed by atoms with E-state index in [1.54, 1.807) is 6.33 Å². The molecule has 88 valence electrons. The Hall–Kier alpha value is -1.32. The van der Waals surface area contributed by atoms with Crippen molar-refractivity contribution in [3.05, 3.63) is 11.9 Å². The van der Waals surface area contributed by atoms with Crippen molar-refractivity contribution in [2.24, 2.45) is 11.8 Å². The highest BCUT2D eigenvalue weighted by atomic mass is 15.2. The van der Waals surface area contributed by atoms with E-state index in [1.165, 1.54) is 6.42 Å². The van der Waals surface area contributed by atoms with Gasteiger partial charge in [-0.3, -0.25) is 0 Å². The maximum Gasteiger partial charge on any atom is 0.137 e. The minimum Gasteiger partial charge on any atom is -0.383 e. The van der Waals surface area contributed by atoms with Crippen LogP contribution in [-0.2, 0) is 0 Å². The van der Waals surface area contributed by atoms with Gasteiger partial charge in [-0.15, -0.1) is 0 Å². The highest BCUT2D eigenvalue weighted by Gasteiger charge is 2.26. The molecule has 1 saturated heterocycles. The number of nitrogen functional groups attached to an aromatic ring is 1. The van der Waals surface area contributed by atoms with Crippen molar-refractivity contribution in [1.82, 2.24) is 9.97 Å². The highest BCUT2D eigenvalue weighted by molar-refractivity contribution is 5.56. The van der Waals surface area contributed by atoms with Gasteiger partial charge < -0.3 is 10.6 Å². The smallest absolute Gasteiger partial charge is 0.137 e. The predicted octanol–water partition coefficient (Wildman–Crippen LogP) is 1.85. The molecule has 4 nitrogen and oxygen atoms in total. The summed E-state index contributed by atoms with van der Waals surface area (Å²) in [6, 6.07) is 0. The molecule has 16 heavy (non-hydrogen) atoms. The van der Waals surface area contributed by atoms with E-state index in [9.17, 15) is 0 Å². The van der Waals surface area contributed by atoms with E-state index in [1.807, 2.05) is 6.92 Å². The van der Waals surface area contributed by atoms with Crippen LogP contribution in [0.1, 0.15) is 25.8 Å². The topological polar surface area (TPSA) is 55.0 Å². The molecule has 1 atom stereocenters. The Bertz CT molecular complexity index is 375. The minimum atomic E-state index is 0.595. The zero-order valence-corrected chi connectivity index (χ0v) is 10.3. The van der Waals surface area contributed by atoms with E-state index < -0.39 is 0 Å². The maximum absolute atomic E-state index is 5.80. The molecule has 1 aromatic heterocycles. The molecule has 0 spiro atoms. The Morgan fingerprint density at radius 1 is 1.44 bits per heavy atom. The third-order valence-corrected chi connectivity index (χ3v) is 3.56. The lowest BCUT2D eigenvalue weighted by molar-refractivity contribution is 0.422. The molecule has 2 heterocycles. The molecular weight excluding hydrogens is 200 g/mol. The molecule has 2 N–H and O–H groups in total. The van der Waals surface area contributed by atoms with Crippen LogP contribution < -0.4 is 10.6 Å². The predicted molar refractivity (Wildman–Crippen MR) is 66.3 cm³/mol. The van der Waals surface area contributed by atoms with Crippen LogP contribution in [0.15, 0.2) is 6.33 Å². The van der Waals surface area contributed by atoms with Crippen molar-refractivity contribution >= 4 is 11.6 Å². The van der Waals surface area contributed by atoms with Crippen LogP contribution in [0.3, 0.4) is 0 Å². The molecule has 0 bridgehead atoms. The lowest BCUT2D eigenvalue weighted by Crippen LogP contribution is -2.23. The lowest BCUT2D eigenvalue weighted by atomic mass is 9.95. The van der Waals surface area contributed by atoms with E-state index in [0.717, 1.165) is 36.3 Å². The van der Waals surface area contributed by atoms with Gasteiger partial charge in [-0.2, -0.15) is 0 Å². The summed E-state index contributed by atoms with van der Waals surface area (Å²) in [5.41, 5.74) is 6.81. The average molecular weight is 220 g/mol. The minimum absolute atomic E-state index is 0.595. The summed E-state index contributed by atoms with van der Waals surface area (Å²) in [6.07, 6.45) is 2.81. The molecule has 1 unspecified atom stereocenters. The summed E-state index contributed by atoms with van der Waals surface area (Å²) in [5, 5.41) is 0. The number of nitrogens with two attached hydrogens (primary N) is 1. The van der Waals surface area contributed by atoms with Gasteiger partial charge in [-0.25, -0.2) is 9.97 Å². The highest BCUT2D eigenvalue weighted by Crippen LogP contribution is 2.29. The standard InChI is InChI=1S/C12H20N4/c1-8(2)10-4-5-16(6-10)12-9(3)11(13)14-7-15-12/h7-8,10H,4-6H2,1-3H3,(H2,13,14,15). The molecule has 0 aliphatic carbocycles. The Kier molecular flexibility index (Phi) is 2.99. The second kappa shape index (κ2) is 4.28. The van der Waals surface area contributed by atoms with Crippen LogP contribution in [-0.4, -0.2) is 23.1 Å². The van der Waals surface area contributed by atoms with E-state index in [-0.39, 0.29) is 0 Å². The second-order valence-corrected chi connectivity index (χ2v) is 4.95. The number of nitrogens with zero attached hydrogens (tertiary/aromatic N) is 3. The summed E-state index contributed by atoms with van der Waals surface area (Å²) < 4.78 is 0. The molecule has 1 aliphatic rings. The zero-order valence-electron chi connectivity index (χ0n) is 10.3. The van der Waals surface area contributed by atoms with Crippen LogP contribution >= 0.6 is 0 Å². The van der Waals surface area contributed by atoms with E-state index >= 15 is 0 Å². The normalized spacial score (nSPS) is 20.8. The van der Waals surface area contributed by atoms with Crippen LogP contribution in [0.2, 0.25) is 0 Å². The van der Waals surface area contributed by atoms with E-state index in [2.05, 4.69) is 28.7 Å². The average Bonchev–Trinajstić information content (AvgIpc) is 2.71. The zero-order chi connectivity index (χ0) is 11.7. The van der Waals surface area contributed by atoms with Crippen LogP contribution in [0, 0.1) is 18.8 Å². The number of hydrogen-bond acceptors (Lipinski definition) is 4. The molecule has 0 aromatic carbocycles. The van der Waals surface area contributed by atoms with Crippen molar-refractivity contribution in [2.45, 2.75) is 27.2 Å². The second-order valence-electron chi connectivity index (χ2n) is 4.95. The number of rotatable bonds is 2. The summed E-state index contributed by atoms with van der Waals surface area (Å²) >= 11 is 0. The molecule has 0 radical (unpaired) electrons. The fraction of sp³-hybridized carbons (Fsp3) is 0.667. The summed E-state index contributed by atoms with van der Waals surface area (Å²) in [6.45, 7) is 8.74. The number of anilines is 2. The van der Waals surface area contributed by atoms with Crippen molar-refractivity contribution in [3.8, 4) is 0 Å². The first kappa shape index (κ1) is 11.2. The fourth-order valence-corrected chi connectivity index (χ4v) is 2.30. The molecule has 0 amide bonds.